The standard InChI is InChI=1S/3C9H10O2.Ga/c3*1-6-4-3-5-7(2)8(6)9(10)11;/h3*3-5H,1-2H3,(H,10,11);/q;;;+3/p-3. The minimum atomic E-state index is -1.10. The third-order valence-electron chi connectivity index (χ3n) is 5.06. The summed E-state index contributed by atoms with van der Waals surface area (Å²) in [7, 11) is 0. The van der Waals surface area contributed by atoms with E-state index in [1.165, 1.54) is 0 Å². The van der Waals surface area contributed by atoms with Crippen molar-refractivity contribution in [2.75, 3.05) is 0 Å². The van der Waals surface area contributed by atoms with Crippen LogP contribution in [0.5, 0.6) is 0 Å². The zero-order chi connectivity index (χ0) is 25.3. The van der Waals surface area contributed by atoms with Crippen molar-refractivity contribution in [3.05, 3.63) is 105 Å². The van der Waals surface area contributed by atoms with E-state index in [-0.39, 0.29) is 19.8 Å². The molecule has 0 unspecified atom stereocenters. The molecule has 0 aromatic heterocycles. The van der Waals surface area contributed by atoms with Crippen molar-refractivity contribution in [3.8, 4) is 0 Å². The Balaban J connectivity index is 0.000000473. The second kappa shape index (κ2) is 14.1. The van der Waals surface area contributed by atoms with Crippen LogP contribution in [0.25, 0.3) is 0 Å². The number of hydrogen-bond donors (Lipinski definition) is 0. The van der Waals surface area contributed by atoms with Crippen LogP contribution in [0.4, 0.5) is 0 Å². The van der Waals surface area contributed by atoms with Gasteiger partial charge in [0.05, 0.1) is 17.9 Å². The minimum Gasteiger partial charge on any atom is -0.545 e. The summed E-state index contributed by atoms with van der Waals surface area (Å²) in [4.78, 5) is 31.6. The second-order valence-corrected chi connectivity index (χ2v) is 7.66. The predicted octanol–water partition coefficient (Wildman–Crippen LogP) is 1.62. The Kier molecular flexibility index (Phi) is 12.7. The predicted molar refractivity (Wildman–Crippen MR) is 126 cm³/mol. The van der Waals surface area contributed by atoms with E-state index in [0.717, 1.165) is 33.4 Å². The molecule has 3 rings (SSSR count). The summed E-state index contributed by atoms with van der Waals surface area (Å²) in [5, 5.41) is 31.6. The molecule has 0 heterocycles. The van der Waals surface area contributed by atoms with Gasteiger partial charge >= 0.3 is 19.8 Å². The molecule has 0 aliphatic rings. The third-order valence-corrected chi connectivity index (χ3v) is 5.06. The number of carbonyl (C=O) groups excluding carboxylic acids is 3. The van der Waals surface area contributed by atoms with Crippen molar-refractivity contribution in [1.82, 2.24) is 0 Å². The van der Waals surface area contributed by atoms with Crippen LogP contribution in [-0.2, 0) is 0 Å². The summed E-state index contributed by atoms with van der Waals surface area (Å²) in [5.74, 6) is -3.29. The SMILES string of the molecule is Cc1cccc(C)c1C(=O)[O-].Cc1cccc(C)c1C(=O)[O-].Cc1cccc(C)c1C(=O)[O-].[Ga+3]. The molecule has 0 amide bonds. The van der Waals surface area contributed by atoms with Crippen molar-refractivity contribution in [2.24, 2.45) is 0 Å². The first kappa shape index (κ1) is 30.7. The van der Waals surface area contributed by atoms with Crippen molar-refractivity contribution >= 4 is 37.7 Å². The Hall–Kier alpha value is -3.29. The fourth-order valence-electron chi connectivity index (χ4n) is 3.41. The summed E-state index contributed by atoms with van der Waals surface area (Å²) < 4.78 is 0. The van der Waals surface area contributed by atoms with Gasteiger partial charge in [0.25, 0.3) is 0 Å². The van der Waals surface area contributed by atoms with Gasteiger partial charge < -0.3 is 29.7 Å². The van der Waals surface area contributed by atoms with Crippen LogP contribution in [0.1, 0.15) is 64.5 Å². The monoisotopic (exact) mass is 516 g/mol. The number of carboxylic acids is 3. The first-order valence-corrected chi connectivity index (χ1v) is 10.2. The van der Waals surface area contributed by atoms with E-state index in [0.29, 0.717) is 16.7 Å². The maximum atomic E-state index is 10.5. The van der Waals surface area contributed by atoms with Crippen LogP contribution in [0, 0.1) is 41.5 Å². The van der Waals surface area contributed by atoms with Crippen molar-refractivity contribution in [2.45, 2.75) is 41.5 Å². The first-order chi connectivity index (χ1) is 15.4. The Labute approximate surface area is 213 Å². The van der Waals surface area contributed by atoms with E-state index in [2.05, 4.69) is 0 Å². The molecule has 0 radical (unpaired) electrons. The molecule has 6 nitrogen and oxygen atoms in total. The summed E-state index contributed by atoms with van der Waals surface area (Å²) in [5.41, 5.74) is 5.47. The number of benzene rings is 3. The van der Waals surface area contributed by atoms with Crippen molar-refractivity contribution < 1.29 is 29.7 Å². The molecule has 0 aliphatic heterocycles. The molecule has 0 bridgehead atoms. The van der Waals surface area contributed by atoms with Gasteiger partial charge in [-0.3, -0.25) is 0 Å². The zero-order valence-electron chi connectivity index (χ0n) is 20.2. The number of aromatic carboxylic acids is 3. The van der Waals surface area contributed by atoms with Crippen LogP contribution in [0.15, 0.2) is 54.6 Å². The molecular weight excluding hydrogens is 490 g/mol. The number of hydrogen-bond acceptors (Lipinski definition) is 6. The van der Waals surface area contributed by atoms with Crippen LogP contribution < -0.4 is 15.3 Å². The number of aryl methyl sites for hydroxylation is 6. The topological polar surface area (TPSA) is 120 Å². The summed E-state index contributed by atoms with van der Waals surface area (Å²) in [6.07, 6.45) is 0. The van der Waals surface area contributed by atoms with Gasteiger partial charge in [-0.15, -0.1) is 0 Å². The first-order valence-electron chi connectivity index (χ1n) is 10.2. The molecule has 34 heavy (non-hydrogen) atoms. The summed E-state index contributed by atoms with van der Waals surface area (Å²) >= 11 is 0. The van der Waals surface area contributed by atoms with Gasteiger partial charge in [0, 0.05) is 16.7 Å². The number of rotatable bonds is 3. The fourth-order valence-corrected chi connectivity index (χ4v) is 3.41. The molecule has 0 atom stereocenters. The van der Waals surface area contributed by atoms with Crippen molar-refractivity contribution in [1.29, 1.82) is 0 Å². The molecule has 3 aromatic rings. The smallest absolute Gasteiger partial charge is 0.545 e. The van der Waals surface area contributed by atoms with Crippen LogP contribution >= 0.6 is 0 Å². The molecule has 0 N–H and O–H groups in total. The van der Waals surface area contributed by atoms with Crippen LogP contribution in [-0.4, -0.2) is 37.7 Å². The van der Waals surface area contributed by atoms with Crippen LogP contribution in [0.3, 0.4) is 0 Å². The molecule has 0 fully saturated rings. The maximum Gasteiger partial charge on any atom is 3.00 e. The Morgan fingerprint density at radius 1 is 0.441 bits per heavy atom. The minimum absolute atomic E-state index is 0. The van der Waals surface area contributed by atoms with E-state index in [1.807, 2.05) is 18.2 Å². The Morgan fingerprint density at radius 3 is 0.676 bits per heavy atom. The Morgan fingerprint density at radius 2 is 0.588 bits per heavy atom. The zero-order valence-corrected chi connectivity index (χ0v) is 22.6. The molecule has 0 spiro atoms. The van der Waals surface area contributed by atoms with E-state index in [4.69, 9.17) is 0 Å². The van der Waals surface area contributed by atoms with Gasteiger partial charge in [0.15, 0.2) is 0 Å². The average Bonchev–Trinajstić information content (AvgIpc) is 2.68. The maximum absolute atomic E-state index is 10.5. The van der Waals surface area contributed by atoms with Crippen LogP contribution in [0.2, 0.25) is 0 Å². The molecular formula is C27H27GaO6. The van der Waals surface area contributed by atoms with Gasteiger partial charge in [0.2, 0.25) is 0 Å². The summed E-state index contributed by atoms with van der Waals surface area (Å²) in [6, 6.07) is 16.1. The van der Waals surface area contributed by atoms with E-state index >= 15 is 0 Å². The molecule has 3 aromatic carbocycles. The normalized spacial score (nSPS) is 9.35. The number of carbonyl (C=O) groups is 3. The van der Waals surface area contributed by atoms with Gasteiger partial charge in [-0.05, 0) is 74.9 Å². The molecule has 0 aliphatic carbocycles. The van der Waals surface area contributed by atoms with Crippen molar-refractivity contribution in [3.63, 3.8) is 0 Å². The molecule has 0 saturated heterocycles. The second-order valence-electron chi connectivity index (χ2n) is 7.66. The molecule has 0 saturated carbocycles. The average molecular weight is 517 g/mol. The van der Waals surface area contributed by atoms with Gasteiger partial charge in [0.1, 0.15) is 0 Å². The number of carboxylic acid groups (broad SMARTS) is 3. The van der Waals surface area contributed by atoms with Gasteiger partial charge in [-0.2, -0.15) is 0 Å². The van der Waals surface area contributed by atoms with E-state index in [9.17, 15) is 29.7 Å². The summed E-state index contributed by atoms with van der Waals surface area (Å²) in [6.45, 7) is 10.6. The fraction of sp³-hybridized carbons (Fsp3) is 0.222. The third kappa shape index (κ3) is 8.57. The largest absolute Gasteiger partial charge is 3.00 e. The Bertz CT molecular complexity index is 961. The van der Waals surface area contributed by atoms with Gasteiger partial charge in [-0.25, -0.2) is 0 Å². The van der Waals surface area contributed by atoms with E-state index in [1.54, 1.807) is 77.9 Å². The van der Waals surface area contributed by atoms with Gasteiger partial charge in [-0.1, -0.05) is 54.6 Å². The molecule has 7 heteroatoms. The quantitative estimate of drug-likeness (QED) is 0.487. The molecule has 174 valence electrons. The van der Waals surface area contributed by atoms with E-state index < -0.39 is 17.9 Å².